The fraction of sp³-hybridized carbons (Fsp3) is 0.524. The molecular formula is C21H26IN3O7. The van der Waals surface area contributed by atoms with Crippen LogP contribution >= 0.6 is 22.6 Å². The van der Waals surface area contributed by atoms with Crippen molar-refractivity contribution in [2.45, 2.75) is 25.4 Å². The zero-order chi connectivity index (χ0) is 22.9. The summed E-state index contributed by atoms with van der Waals surface area (Å²) in [5.74, 6) is -1.45. The number of carbonyl (C=O) groups is 4. The Balaban J connectivity index is 1.46. The number of benzene rings is 1. The van der Waals surface area contributed by atoms with Gasteiger partial charge in [0.25, 0.3) is 5.91 Å². The molecular weight excluding hydrogens is 533 g/mol. The van der Waals surface area contributed by atoms with Gasteiger partial charge in [0, 0.05) is 34.2 Å². The summed E-state index contributed by atoms with van der Waals surface area (Å²) in [7, 11) is 0. The number of alkyl halides is 1. The van der Waals surface area contributed by atoms with Gasteiger partial charge in [-0.25, -0.2) is 0 Å². The van der Waals surface area contributed by atoms with E-state index < -0.39 is 11.9 Å². The average molecular weight is 559 g/mol. The predicted octanol–water partition coefficient (Wildman–Crippen LogP) is 0.871. The third-order valence-electron chi connectivity index (χ3n) is 5.05. The lowest BCUT2D eigenvalue weighted by molar-refractivity contribution is -0.137. The number of piperidine rings is 1. The minimum Gasteiger partial charge on any atom is -0.378 e. The van der Waals surface area contributed by atoms with Crippen molar-refractivity contribution < 1.29 is 33.4 Å². The molecule has 2 aliphatic rings. The minimum atomic E-state index is -0.702. The van der Waals surface area contributed by atoms with Crippen molar-refractivity contribution in [1.82, 2.24) is 10.2 Å². The van der Waals surface area contributed by atoms with Gasteiger partial charge in [0.1, 0.15) is 12.6 Å². The summed E-state index contributed by atoms with van der Waals surface area (Å²) in [6.45, 7) is 2.36. The number of anilines is 1. The van der Waals surface area contributed by atoms with Crippen molar-refractivity contribution in [3.8, 4) is 0 Å². The lowest BCUT2D eigenvalue weighted by Crippen LogP contribution is -2.52. The van der Waals surface area contributed by atoms with Gasteiger partial charge >= 0.3 is 0 Å². The van der Waals surface area contributed by atoms with Crippen molar-refractivity contribution in [1.29, 1.82) is 0 Å². The molecule has 2 aliphatic heterocycles. The molecule has 2 heterocycles. The average Bonchev–Trinajstić information content (AvgIpc) is 3.10. The number of fused-ring (bicyclic) bond motifs is 1. The maximum Gasteiger partial charge on any atom is 0.255 e. The number of nitrogens with one attached hydrogen (secondary N) is 2. The van der Waals surface area contributed by atoms with Gasteiger partial charge in [-0.15, -0.1) is 0 Å². The number of hydrogen-bond donors (Lipinski definition) is 2. The Hall–Kier alpha value is -2.09. The molecule has 0 aliphatic carbocycles. The number of amides is 4. The zero-order valence-corrected chi connectivity index (χ0v) is 19.7. The summed E-state index contributed by atoms with van der Waals surface area (Å²) >= 11 is 2.23. The maximum absolute atomic E-state index is 12.8. The number of carbonyl (C=O) groups excluding carboxylic acids is 4. The van der Waals surface area contributed by atoms with E-state index in [0.29, 0.717) is 43.2 Å². The van der Waals surface area contributed by atoms with Crippen molar-refractivity contribution in [2.24, 2.45) is 0 Å². The monoisotopic (exact) mass is 559 g/mol. The van der Waals surface area contributed by atoms with Gasteiger partial charge in [-0.2, -0.15) is 0 Å². The van der Waals surface area contributed by atoms with Crippen LogP contribution in [0.2, 0.25) is 0 Å². The van der Waals surface area contributed by atoms with E-state index in [0.717, 1.165) is 4.43 Å². The standard InChI is InChI=1S/C21H26IN3O7/c22-6-7-30-8-9-31-10-11-32-13-19(27)23-16-3-1-2-14-15(16)12-25(21(14)29)17-4-5-18(26)24-20(17)28/h1-3,17H,4-13H2,(H,23,27)(H,24,26,28). The fourth-order valence-electron chi connectivity index (χ4n) is 3.55. The number of rotatable bonds is 12. The Morgan fingerprint density at radius 2 is 1.81 bits per heavy atom. The van der Waals surface area contributed by atoms with E-state index in [1.807, 2.05) is 0 Å². The molecule has 1 aromatic carbocycles. The van der Waals surface area contributed by atoms with Gasteiger partial charge in [-0.3, -0.25) is 24.5 Å². The molecule has 10 nitrogen and oxygen atoms in total. The van der Waals surface area contributed by atoms with Crippen LogP contribution in [0.3, 0.4) is 0 Å². The number of hydrogen-bond acceptors (Lipinski definition) is 7. The van der Waals surface area contributed by atoms with Crippen LogP contribution in [0.4, 0.5) is 5.69 Å². The summed E-state index contributed by atoms with van der Waals surface area (Å²) in [5.41, 5.74) is 1.58. The number of halogens is 1. The number of imide groups is 1. The topological polar surface area (TPSA) is 123 Å². The van der Waals surface area contributed by atoms with Crippen LogP contribution in [-0.2, 0) is 35.1 Å². The molecule has 0 aromatic heterocycles. The molecule has 1 saturated heterocycles. The molecule has 0 bridgehead atoms. The third-order valence-corrected chi connectivity index (χ3v) is 5.50. The van der Waals surface area contributed by atoms with Crippen LogP contribution in [0.25, 0.3) is 0 Å². The summed E-state index contributed by atoms with van der Waals surface area (Å²) in [4.78, 5) is 50.1. The van der Waals surface area contributed by atoms with E-state index in [9.17, 15) is 19.2 Å². The third kappa shape index (κ3) is 6.47. The van der Waals surface area contributed by atoms with Crippen LogP contribution in [0, 0.1) is 0 Å². The van der Waals surface area contributed by atoms with E-state index in [-0.39, 0.29) is 50.3 Å². The Bertz CT molecular complexity index is 864. The molecule has 1 atom stereocenters. The van der Waals surface area contributed by atoms with E-state index in [1.54, 1.807) is 18.2 Å². The van der Waals surface area contributed by atoms with Gasteiger partial charge in [-0.1, -0.05) is 28.7 Å². The van der Waals surface area contributed by atoms with E-state index in [1.165, 1.54) is 4.90 Å². The first kappa shape index (κ1) is 24.6. The minimum absolute atomic E-state index is 0.150. The largest absolute Gasteiger partial charge is 0.378 e. The molecule has 1 aromatic rings. The first-order valence-corrected chi connectivity index (χ1v) is 11.9. The highest BCUT2D eigenvalue weighted by Gasteiger charge is 2.39. The van der Waals surface area contributed by atoms with Crippen molar-refractivity contribution in [2.75, 3.05) is 49.4 Å². The second-order valence-corrected chi connectivity index (χ2v) is 8.32. The molecule has 1 fully saturated rings. The molecule has 1 unspecified atom stereocenters. The number of ether oxygens (including phenoxy) is 3. The summed E-state index contributed by atoms with van der Waals surface area (Å²) in [6.07, 6.45) is 0.471. The SMILES string of the molecule is O=C1CCC(N2Cc3c(NC(=O)COCCOCCOCCI)cccc3C2=O)C(=O)N1. The molecule has 3 rings (SSSR count). The van der Waals surface area contributed by atoms with Gasteiger partial charge in [0.15, 0.2) is 0 Å². The first-order valence-electron chi connectivity index (χ1n) is 10.4. The predicted molar refractivity (Wildman–Crippen MR) is 122 cm³/mol. The number of nitrogens with zero attached hydrogens (tertiary/aromatic N) is 1. The summed E-state index contributed by atoms with van der Waals surface area (Å²) in [5, 5.41) is 5.05. The van der Waals surface area contributed by atoms with E-state index in [2.05, 4.69) is 33.2 Å². The van der Waals surface area contributed by atoms with Crippen LogP contribution < -0.4 is 10.6 Å². The van der Waals surface area contributed by atoms with Crippen LogP contribution in [0.5, 0.6) is 0 Å². The normalized spacial score (nSPS) is 18.0. The highest BCUT2D eigenvalue weighted by molar-refractivity contribution is 14.1. The highest BCUT2D eigenvalue weighted by Crippen LogP contribution is 2.32. The molecule has 2 N–H and O–H groups in total. The summed E-state index contributed by atoms with van der Waals surface area (Å²) < 4.78 is 16.9. The molecule has 0 radical (unpaired) electrons. The molecule has 0 spiro atoms. The van der Waals surface area contributed by atoms with Gasteiger partial charge < -0.3 is 24.4 Å². The first-order chi connectivity index (χ1) is 15.5. The van der Waals surface area contributed by atoms with E-state index >= 15 is 0 Å². The van der Waals surface area contributed by atoms with Gasteiger partial charge in [0.2, 0.25) is 17.7 Å². The van der Waals surface area contributed by atoms with Gasteiger partial charge in [0.05, 0.1) is 33.0 Å². The van der Waals surface area contributed by atoms with Crippen LogP contribution in [-0.4, -0.2) is 78.6 Å². The fourth-order valence-corrected chi connectivity index (χ4v) is 3.86. The Labute approximate surface area is 199 Å². The zero-order valence-electron chi connectivity index (χ0n) is 17.6. The Morgan fingerprint density at radius 3 is 2.53 bits per heavy atom. The van der Waals surface area contributed by atoms with Crippen LogP contribution in [0.1, 0.15) is 28.8 Å². The van der Waals surface area contributed by atoms with Gasteiger partial charge in [-0.05, 0) is 18.6 Å². The van der Waals surface area contributed by atoms with Crippen molar-refractivity contribution in [3.63, 3.8) is 0 Å². The van der Waals surface area contributed by atoms with Crippen molar-refractivity contribution in [3.05, 3.63) is 29.3 Å². The smallest absolute Gasteiger partial charge is 0.255 e. The highest BCUT2D eigenvalue weighted by atomic mass is 127. The molecule has 4 amide bonds. The van der Waals surface area contributed by atoms with Crippen molar-refractivity contribution >= 4 is 51.9 Å². The summed E-state index contributed by atoms with van der Waals surface area (Å²) in [6, 6.07) is 4.34. The second kappa shape index (κ2) is 12.2. The maximum atomic E-state index is 12.8. The molecule has 0 saturated carbocycles. The lowest BCUT2D eigenvalue weighted by atomic mass is 10.0. The Morgan fingerprint density at radius 1 is 1.09 bits per heavy atom. The Kier molecular flexibility index (Phi) is 9.38. The molecule has 11 heteroatoms. The second-order valence-electron chi connectivity index (χ2n) is 7.25. The van der Waals surface area contributed by atoms with E-state index in [4.69, 9.17) is 14.2 Å². The van der Waals surface area contributed by atoms with Crippen LogP contribution in [0.15, 0.2) is 18.2 Å². The quantitative estimate of drug-likeness (QED) is 0.169. The lowest BCUT2D eigenvalue weighted by Gasteiger charge is -2.29. The molecule has 32 heavy (non-hydrogen) atoms. The molecule has 174 valence electrons.